The Balaban J connectivity index is 1.91. The summed E-state index contributed by atoms with van der Waals surface area (Å²) in [6.45, 7) is 1.82. The summed E-state index contributed by atoms with van der Waals surface area (Å²) in [5.74, 6) is -0.996. The first-order chi connectivity index (χ1) is 10.1. The van der Waals surface area contributed by atoms with Crippen molar-refractivity contribution in [1.29, 1.82) is 0 Å². The van der Waals surface area contributed by atoms with Crippen LogP contribution in [0.1, 0.15) is 44.8 Å². The largest absolute Gasteiger partial charge is 0.364 e. The van der Waals surface area contributed by atoms with Crippen LogP contribution in [0.3, 0.4) is 0 Å². The number of anilines is 1. The van der Waals surface area contributed by atoms with Crippen LogP contribution in [0.5, 0.6) is 0 Å². The van der Waals surface area contributed by atoms with Crippen molar-refractivity contribution in [3.8, 4) is 0 Å². The first-order valence-electron chi connectivity index (χ1n) is 6.87. The Morgan fingerprint density at radius 1 is 1.33 bits per heavy atom. The second-order valence-corrected chi connectivity index (χ2v) is 5.27. The van der Waals surface area contributed by atoms with Crippen LogP contribution in [0.15, 0.2) is 24.4 Å². The standard InChI is InChI=1S/C16H15FN2O2/c1-9-5-6-11(17)13(7-9)19-16(21)10-8-18-12-3-2-4-14(20)15(10)12/h5-8,18H,2-4H2,1H3,(H,19,21). The van der Waals surface area contributed by atoms with Gasteiger partial charge in [-0.25, -0.2) is 4.39 Å². The van der Waals surface area contributed by atoms with Crippen LogP contribution >= 0.6 is 0 Å². The molecule has 0 bridgehead atoms. The molecule has 0 unspecified atom stereocenters. The highest BCUT2D eigenvalue weighted by atomic mass is 19.1. The molecule has 108 valence electrons. The number of aromatic nitrogens is 1. The maximum atomic E-state index is 13.7. The SMILES string of the molecule is Cc1ccc(F)c(NC(=O)c2c[nH]c3c2C(=O)CCC3)c1. The molecule has 0 spiro atoms. The molecule has 1 aromatic carbocycles. The van der Waals surface area contributed by atoms with E-state index < -0.39 is 11.7 Å². The molecule has 0 radical (unpaired) electrons. The monoisotopic (exact) mass is 286 g/mol. The molecule has 0 saturated heterocycles. The molecule has 0 atom stereocenters. The Kier molecular flexibility index (Phi) is 3.33. The molecule has 0 fully saturated rings. The van der Waals surface area contributed by atoms with E-state index in [-0.39, 0.29) is 17.0 Å². The molecule has 5 heteroatoms. The number of benzene rings is 1. The third kappa shape index (κ3) is 2.46. The predicted octanol–water partition coefficient (Wildman–Crippen LogP) is 3.23. The average molecular weight is 286 g/mol. The molecule has 1 aliphatic rings. The van der Waals surface area contributed by atoms with Crippen molar-refractivity contribution >= 4 is 17.4 Å². The number of nitrogens with one attached hydrogen (secondary N) is 2. The lowest BCUT2D eigenvalue weighted by molar-refractivity contribution is 0.0956. The minimum Gasteiger partial charge on any atom is -0.364 e. The van der Waals surface area contributed by atoms with E-state index in [0.717, 1.165) is 24.1 Å². The molecule has 1 aliphatic carbocycles. The molecular weight excluding hydrogens is 271 g/mol. The number of H-pyrrole nitrogens is 1. The normalized spacial score (nSPS) is 13.9. The Labute approximate surface area is 121 Å². The van der Waals surface area contributed by atoms with E-state index in [0.29, 0.717) is 12.0 Å². The van der Waals surface area contributed by atoms with Crippen LogP contribution in [0.2, 0.25) is 0 Å². The van der Waals surface area contributed by atoms with Crippen LogP contribution in [-0.4, -0.2) is 16.7 Å². The lowest BCUT2D eigenvalue weighted by atomic mass is 9.93. The summed E-state index contributed by atoms with van der Waals surface area (Å²) in [4.78, 5) is 27.3. The minimum atomic E-state index is -0.496. The topological polar surface area (TPSA) is 62.0 Å². The maximum absolute atomic E-state index is 13.7. The summed E-state index contributed by atoms with van der Waals surface area (Å²) in [6, 6.07) is 4.50. The van der Waals surface area contributed by atoms with Gasteiger partial charge in [0, 0.05) is 18.3 Å². The fraction of sp³-hybridized carbons (Fsp3) is 0.250. The fourth-order valence-electron chi connectivity index (χ4n) is 2.64. The van der Waals surface area contributed by atoms with Crippen molar-refractivity contribution in [3.63, 3.8) is 0 Å². The van der Waals surface area contributed by atoms with Gasteiger partial charge in [-0.15, -0.1) is 0 Å². The van der Waals surface area contributed by atoms with E-state index in [2.05, 4.69) is 10.3 Å². The molecule has 1 heterocycles. The zero-order valence-electron chi connectivity index (χ0n) is 11.6. The Morgan fingerprint density at radius 3 is 2.95 bits per heavy atom. The molecule has 3 rings (SSSR count). The van der Waals surface area contributed by atoms with Crippen molar-refractivity contribution < 1.29 is 14.0 Å². The number of fused-ring (bicyclic) bond motifs is 1. The van der Waals surface area contributed by atoms with Crippen LogP contribution in [-0.2, 0) is 6.42 Å². The molecule has 21 heavy (non-hydrogen) atoms. The molecule has 4 nitrogen and oxygen atoms in total. The number of hydrogen-bond donors (Lipinski definition) is 2. The highest BCUT2D eigenvalue weighted by Gasteiger charge is 2.26. The smallest absolute Gasteiger partial charge is 0.258 e. The lowest BCUT2D eigenvalue weighted by Gasteiger charge is -2.12. The quantitative estimate of drug-likeness (QED) is 0.890. The van der Waals surface area contributed by atoms with Gasteiger partial charge in [0.15, 0.2) is 5.78 Å². The number of amides is 1. The molecule has 1 aromatic heterocycles. The first-order valence-corrected chi connectivity index (χ1v) is 6.87. The maximum Gasteiger partial charge on any atom is 0.258 e. The van der Waals surface area contributed by atoms with Gasteiger partial charge in [0.2, 0.25) is 0 Å². The van der Waals surface area contributed by atoms with Gasteiger partial charge in [0.25, 0.3) is 5.91 Å². The highest BCUT2D eigenvalue weighted by molar-refractivity contribution is 6.13. The number of aryl methyl sites for hydroxylation is 2. The number of carbonyl (C=O) groups excluding carboxylic acids is 2. The number of rotatable bonds is 2. The van der Waals surface area contributed by atoms with Crippen LogP contribution in [0, 0.1) is 12.7 Å². The molecular formula is C16H15FN2O2. The zero-order valence-corrected chi connectivity index (χ0v) is 11.6. The first kappa shape index (κ1) is 13.5. The lowest BCUT2D eigenvalue weighted by Crippen LogP contribution is -2.18. The van der Waals surface area contributed by atoms with Crippen LogP contribution in [0.25, 0.3) is 0 Å². The predicted molar refractivity (Wildman–Crippen MR) is 77.2 cm³/mol. The van der Waals surface area contributed by atoms with Crippen LogP contribution < -0.4 is 5.32 Å². The van der Waals surface area contributed by atoms with Gasteiger partial charge in [-0.3, -0.25) is 9.59 Å². The third-order valence-corrected chi connectivity index (χ3v) is 3.69. The Bertz CT molecular complexity index is 734. The number of Topliss-reactive ketones (excluding diaryl/α,β-unsaturated/α-hetero) is 1. The summed E-state index contributed by atoms with van der Waals surface area (Å²) >= 11 is 0. The summed E-state index contributed by atoms with van der Waals surface area (Å²) in [5.41, 5.74) is 2.50. The number of aromatic amines is 1. The van der Waals surface area contributed by atoms with Gasteiger partial charge in [-0.2, -0.15) is 0 Å². The van der Waals surface area contributed by atoms with Crippen molar-refractivity contribution in [2.75, 3.05) is 5.32 Å². The minimum absolute atomic E-state index is 0.0348. The van der Waals surface area contributed by atoms with E-state index in [1.165, 1.54) is 12.3 Å². The zero-order chi connectivity index (χ0) is 15.0. The molecule has 2 aromatic rings. The van der Waals surface area contributed by atoms with Gasteiger partial charge >= 0.3 is 0 Å². The Hall–Kier alpha value is -2.43. The average Bonchev–Trinajstić information content (AvgIpc) is 2.88. The van der Waals surface area contributed by atoms with Gasteiger partial charge in [-0.1, -0.05) is 6.07 Å². The summed E-state index contributed by atoms with van der Waals surface area (Å²) in [7, 11) is 0. The van der Waals surface area contributed by atoms with Crippen molar-refractivity contribution in [2.45, 2.75) is 26.2 Å². The molecule has 1 amide bonds. The van der Waals surface area contributed by atoms with Gasteiger partial charge in [-0.05, 0) is 37.5 Å². The van der Waals surface area contributed by atoms with E-state index in [1.807, 2.05) is 6.92 Å². The number of ketones is 1. The molecule has 0 aliphatic heterocycles. The van der Waals surface area contributed by atoms with E-state index in [9.17, 15) is 14.0 Å². The number of halogens is 1. The van der Waals surface area contributed by atoms with Gasteiger partial charge in [0.1, 0.15) is 5.82 Å². The van der Waals surface area contributed by atoms with Crippen molar-refractivity contribution in [1.82, 2.24) is 4.98 Å². The molecule has 0 saturated carbocycles. The highest BCUT2D eigenvalue weighted by Crippen LogP contribution is 2.25. The second kappa shape index (κ2) is 5.16. The number of carbonyl (C=O) groups is 2. The Morgan fingerprint density at radius 2 is 2.14 bits per heavy atom. The van der Waals surface area contributed by atoms with Crippen molar-refractivity contribution in [2.24, 2.45) is 0 Å². The fourth-order valence-corrected chi connectivity index (χ4v) is 2.64. The summed E-state index contributed by atoms with van der Waals surface area (Å²) in [5, 5.41) is 2.54. The third-order valence-electron chi connectivity index (χ3n) is 3.69. The summed E-state index contributed by atoms with van der Waals surface area (Å²) < 4.78 is 13.7. The van der Waals surface area contributed by atoms with Gasteiger partial charge < -0.3 is 10.3 Å². The second-order valence-electron chi connectivity index (χ2n) is 5.27. The van der Waals surface area contributed by atoms with E-state index in [1.54, 1.807) is 12.1 Å². The van der Waals surface area contributed by atoms with Crippen molar-refractivity contribution in [3.05, 3.63) is 52.6 Å². The van der Waals surface area contributed by atoms with Gasteiger partial charge in [0.05, 0.1) is 16.8 Å². The summed E-state index contributed by atoms with van der Waals surface area (Å²) in [6.07, 6.45) is 3.52. The number of hydrogen-bond acceptors (Lipinski definition) is 2. The van der Waals surface area contributed by atoms with Crippen LogP contribution in [0.4, 0.5) is 10.1 Å². The van der Waals surface area contributed by atoms with E-state index >= 15 is 0 Å². The molecule has 2 N–H and O–H groups in total. The van der Waals surface area contributed by atoms with E-state index in [4.69, 9.17) is 0 Å².